The van der Waals surface area contributed by atoms with Crippen molar-refractivity contribution in [3.05, 3.63) is 168 Å². The number of nitrogens with one attached hydrogen (secondary N) is 2. The van der Waals surface area contributed by atoms with E-state index < -0.39 is 0 Å². The second-order valence-electron chi connectivity index (χ2n) is 13.2. The molecule has 0 spiro atoms. The van der Waals surface area contributed by atoms with Crippen LogP contribution in [0.15, 0.2) is 170 Å². The Morgan fingerprint density at radius 3 is 1.88 bits per heavy atom. The summed E-state index contributed by atoms with van der Waals surface area (Å²) >= 11 is 0. The second kappa shape index (κ2) is 10.9. The fourth-order valence-electron chi connectivity index (χ4n) is 7.73. The molecule has 0 amide bonds. The molecule has 7 aromatic carbocycles. The quantitative estimate of drug-likeness (QED) is 0.197. The molecule has 0 saturated heterocycles. The van der Waals surface area contributed by atoms with Crippen molar-refractivity contribution in [2.45, 2.75) is 12.3 Å². The van der Waals surface area contributed by atoms with Gasteiger partial charge in [0.05, 0.1) is 0 Å². The van der Waals surface area contributed by atoms with Crippen molar-refractivity contribution in [1.82, 2.24) is 10.6 Å². The van der Waals surface area contributed by atoms with E-state index in [4.69, 9.17) is 18.2 Å². The third-order valence-electron chi connectivity index (χ3n) is 10.2. The number of aliphatic imine (C=N–C) groups is 1. The molecule has 242 valence electrons. The lowest BCUT2D eigenvalue weighted by Gasteiger charge is -2.32. The monoisotopic (exact) mass is 659 g/mol. The topological polar surface area (TPSA) is 75.8 Å². The van der Waals surface area contributed by atoms with E-state index in [9.17, 15) is 0 Å². The Kier molecular flexibility index (Phi) is 6.05. The summed E-state index contributed by atoms with van der Waals surface area (Å²) in [5, 5.41) is 14.0. The van der Waals surface area contributed by atoms with Gasteiger partial charge < -0.3 is 18.6 Å². The lowest BCUT2D eigenvalue weighted by Crippen LogP contribution is -2.45. The van der Waals surface area contributed by atoms with E-state index in [1.54, 1.807) is 0 Å². The van der Waals surface area contributed by atoms with Gasteiger partial charge in [-0.15, -0.1) is 0 Å². The maximum Gasteiger partial charge on any atom is 0.143 e. The van der Waals surface area contributed by atoms with E-state index in [1.165, 1.54) is 0 Å². The molecule has 2 atom stereocenters. The van der Waals surface area contributed by atoms with Gasteiger partial charge in [0.1, 0.15) is 51.7 Å². The summed E-state index contributed by atoms with van der Waals surface area (Å²) < 4.78 is 19.4. The van der Waals surface area contributed by atoms with Crippen molar-refractivity contribution in [3.8, 4) is 11.1 Å². The summed E-state index contributed by atoms with van der Waals surface area (Å²) in [6.07, 6.45) is -0.605. The van der Waals surface area contributed by atoms with Gasteiger partial charge in [-0.05, 0) is 41.5 Å². The minimum Gasteiger partial charge on any atom is -0.456 e. The molecule has 0 radical (unpaired) electrons. The number of amidine groups is 1. The minimum atomic E-state index is -0.343. The highest BCUT2D eigenvalue weighted by Crippen LogP contribution is 2.40. The minimum absolute atomic E-state index is 0.262. The van der Waals surface area contributed by atoms with E-state index in [1.807, 2.05) is 54.6 Å². The van der Waals surface area contributed by atoms with Crippen molar-refractivity contribution in [2.75, 3.05) is 0 Å². The maximum absolute atomic E-state index is 6.59. The van der Waals surface area contributed by atoms with E-state index in [0.29, 0.717) is 0 Å². The van der Waals surface area contributed by atoms with Crippen molar-refractivity contribution in [2.24, 2.45) is 4.99 Å². The van der Waals surface area contributed by atoms with Gasteiger partial charge in [0.25, 0.3) is 0 Å². The van der Waals surface area contributed by atoms with Gasteiger partial charge in [-0.2, -0.15) is 0 Å². The average molecular weight is 660 g/mol. The summed E-state index contributed by atoms with van der Waals surface area (Å²) in [6, 6.07) is 52.1. The molecule has 4 heterocycles. The lowest BCUT2D eigenvalue weighted by atomic mass is 10.0. The average Bonchev–Trinajstić information content (AvgIpc) is 3.88. The number of benzene rings is 7. The molecule has 3 aromatic heterocycles. The first kappa shape index (κ1) is 28.2. The molecule has 6 heteroatoms. The molecular formula is C45H29N3O3. The number of hydrogen-bond acceptors (Lipinski definition) is 6. The Bertz CT molecular complexity index is 3000. The van der Waals surface area contributed by atoms with Crippen LogP contribution in [0.5, 0.6) is 0 Å². The smallest absolute Gasteiger partial charge is 0.143 e. The molecule has 1 aliphatic heterocycles. The SMILES string of the molecule is c1ccc(C2=NC(c3ccc4c(c3)oc3cc(-c5cccc6c5oc5ccccc56)ccc34)NC(c3cccc4c3oc3ccccc34)N2)cc1. The highest BCUT2D eigenvalue weighted by Gasteiger charge is 2.28. The molecule has 6 nitrogen and oxygen atoms in total. The van der Waals surface area contributed by atoms with E-state index >= 15 is 0 Å². The van der Waals surface area contributed by atoms with Gasteiger partial charge in [-0.3, -0.25) is 5.32 Å². The predicted molar refractivity (Wildman–Crippen MR) is 205 cm³/mol. The maximum atomic E-state index is 6.59. The van der Waals surface area contributed by atoms with Gasteiger partial charge >= 0.3 is 0 Å². The molecule has 0 bridgehead atoms. The van der Waals surface area contributed by atoms with Gasteiger partial charge in [0.2, 0.25) is 0 Å². The fraction of sp³-hybridized carbons (Fsp3) is 0.0444. The number of hydrogen-bond donors (Lipinski definition) is 2. The number of para-hydroxylation sites is 4. The van der Waals surface area contributed by atoms with Gasteiger partial charge in [0.15, 0.2) is 0 Å². The molecule has 0 saturated carbocycles. The van der Waals surface area contributed by atoms with Crippen LogP contribution in [0.3, 0.4) is 0 Å². The Morgan fingerprint density at radius 2 is 1.08 bits per heavy atom. The van der Waals surface area contributed by atoms with Crippen LogP contribution < -0.4 is 10.6 Å². The van der Waals surface area contributed by atoms with E-state index in [-0.39, 0.29) is 12.3 Å². The summed E-state index contributed by atoms with van der Waals surface area (Å²) in [5.74, 6) is 0.812. The van der Waals surface area contributed by atoms with Crippen LogP contribution in [0.4, 0.5) is 0 Å². The van der Waals surface area contributed by atoms with Crippen LogP contribution >= 0.6 is 0 Å². The van der Waals surface area contributed by atoms with Crippen LogP contribution in [0, 0.1) is 0 Å². The zero-order valence-corrected chi connectivity index (χ0v) is 27.3. The van der Waals surface area contributed by atoms with Gasteiger partial charge in [0, 0.05) is 49.0 Å². The summed E-state index contributed by atoms with van der Waals surface area (Å²) in [7, 11) is 0. The summed E-state index contributed by atoms with van der Waals surface area (Å²) in [6.45, 7) is 0. The van der Waals surface area contributed by atoms with Crippen molar-refractivity contribution >= 4 is 71.7 Å². The van der Waals surface area contributed by atoms with Crippen LogP contribution in [-0.4, -0.2) is 5.84 Å². The molecular weight excluding hydrogens is 631 g/mol. The Labute approximate surface area is 291 Å². The van der Waals surface area contributed by atoms with E-state index in [2.05, 4.69) is 108 Å². The van der Waals surface area contributed by atoms with Crippen LogP contribution in [-0.2, 0) is 0 Å². The zero-order valence-electron chi connectivity index (χ0n) is 27.3. The molecule has 1 aliphatic rings. The number of nitrogens with zero attached hydrogens (tertiary/aromatic N) is 1. The van der Waals surface area contributed by atoms with E-state index in [0.717, 1.165) is 99.5 Å². The Hall–Kier alpha value is -6.63. The molecule has 2 unspecified atom stereocenters. The molecule has 0 aliphatic carbocycles. The van der Waals surface area contributed by atoms with Crippen molar-refractivity contribution < 1.29 is 13.3 Å². The van der Waals surface area contributed by atoms with Gasteiger partial charge in [-0.1, -0.05) is 121 Å². The molecule has 51 heavy (non-hydrogen) atoms. The van der Waals surface area contributed by atoms with Gasteiger partial charge in [-0.25, -0.2) is 4.99 Å². The zero-order chi connectivity index (χ0) is 33.5. The molecule has 2 N–H and O–H groups in total. The standard InChI is InChI=1S/C45H29N3O3/c1-2-10-26(11-3-1)43-46-44(48-45(47-43)36-17-9-16-35-31-13-5-7-19-38(31)51-42(35)36)28-21-23-33-32-22-20-27(24-39(32)49-40(33)25-28)29-14-8-15-34-30-12-4-6-18-37(30)50-41(29)34/h1-25,44-45,48H,(H,46,47). The van der Waals surface area contributed by atoms with Crippen molar-refractivity contribution in [3.63, 3.8) is 0 Å². The third-order valence-corrected chi connectivity index (χ3v) is 10.2. The summed E-state index contributed by atoms with van der Waals surface area (Å²) in [5.41, 5.74) is 10.3. The molecule has 11 rings (SSSR count). The highest BCUT2D eigenvalue weighted by molar-refractivity contribution is 6.11. The van der Waals surface area contributed by atoms with Crippen LogP contribution in [0.25, 0.3) is 76.9 Å². The lowest BCUT2D eigenvalue weighted by molar-refractivity contribution is 0.408. The third kappa shape index (κ3) is 4.43. The predicted octanol–water partition coefficient (Wildman–Crippen LogP) is 11.4. The number of rotatable bonds is 4. The first-order valence-electron chi connectivity index (χ1n) is 17.2. The normalized spacial score (nSPS) is 16.4. The number of furan rings is 3. The van der Waals surface area contributed by atoms with Crippen LogP contribution in [0.2, 0.25) is 0 Å². The fourth-order valence-corrected chi connectivity index (χ4v) is 7.73. The first-order valence-corrected chi connectivity index (χ1v) is 17.2. The molecule has 10 aromatic rings. The number of fused-ring (bicyclic) bond motifs is 9. The first-order chi connectivity index (χ1) is 25.2. The highest BCUT2D eigenvalue weighted by atomic mass is 16.3. The molecule has 0 fully saturated rings. The van der Waals surface area contributed by atoms with Crippen LogP contribution in [0.1, 0.15) is 29.0 Å². The Balaban J connectivity index is 1.01. The summed E-state index contributed by atoms with van der Waals surface area (Å²) in [4.78, 5) is 5.19. The van der Waals surface area contributed by atoms with Crippen molar-refractivity contribution in [1.29, 1.82) is 0 Å². The second-order valence-corrected chi connectivity index (χ2v) is 13.2. The largest absolute Gasteiger partial charge is 0.456 e. The Morgan fingerprint density at radius 1 is 0.451 bits per heavy atom.